The molecule has 2 aromatic heterocycles. The first-order valence-corrected chi connectivity index (χ1v) is 10.1. The van der Waals surface area contributed by atoms with Gasteiger partial charge >= 0.3 is 0 Å². The van der Waals surface area contributed by atoms with Crippen LogP contribution in [0.4, 0.5) is 17.6 Å². The highest BCUT2D eigenvalue weighted by Crippen LogP contribution is 2.30. The van der Waals surface area contributed by atoms with Gasteiger partial charge in [0.2, 0.25) is 11.9 Å². The van der Waals surface area contributed by atoms with Gasteiger partial charge in [-0.25, -0.2) is 15.0 Å². The second kappa shape index (κ2) is 9.34. The van der Waals surface area contributed by atoms with E-state index < -0.39 is 0 Å². The zero-order valence-electron chi connectivity index (χ0n) is 18.1. The van der Waals surface area contributed by atoms with Crippen LogP contribution in [0.1, 0.15) is 5.56 Å². The zero-order chi connectivity index (χ0) is 22.5. The number of aromatic nitrogens is 4. The molecule has 0 atom stereocenters. The molecule has 0 spiro atoms. The molecule has 0 radical (unpaired) electrons. The first kappa shape index (κ1) is 21.1. The highest BCUT2D eigenvalue weighted by molar-refractivity contribution is 5.82. The molecule has 0 bridgehead atoms. The van der Waals surface area contributed by atoms with E-state index in [0.29, 0.717) is 40.8 Å². The number of hydrogen-bond acceptors (Lipinski definition) is 8. The Balaban J connectivity index is 1.50. The summed E-state index contributed by atoms with van der Waals surface area (Å²) in [6.07, 6.45) is 4.14. The quantitative estimate of drug-likeness (QED) is 0.437. The monoisotopic (exact) mass is 432 g/mol. The zero-order valence-corrected chi connectivity index (χ0v) is 18.1. The molecule has 0 saturated carbocycles. The average molecular weight is 432 g/mol. The molecule has 0 aliphatic carbocycles. The lowest BCUT2D eigenvalue weighted by molar-refractivity contribution is 0.355. The molecule has 4 rings (SSSR count). The second-order valence-corrected chi connectivity index (χ2v) is 7.18. The fourth-order valence-electron chi connectivity index (χ4n) is 3.33. The number of methoxy groups -OCH3 is 2. The van der Waals surface area contributed by atoms with E-state index in [4.69, 9.17) is 9.47 Å². The summed E-state index contributed by atoms with van der Waals surface area (Å²) in [4.78, 5) is 30.4. The molecule has 2 heterocycles. The number of likely N-dealkylation sites (N-methyl/N-ethyl adjacent to an activating group) is 1. The molecule has 0 unspecified atom stereocenters. The van der Waals surface area contributed by atoms with Gasteiger partial charge in [0.25, 0.3) is 5.56 Å². The predicted molar refractivity (Wildman–Crippen MR) is 124 cm³/mol. The minimum atomic E-state index is -0.230. The van der Waals surface area contributed by atoms with Crippen LogP contribution in [0.15, 0.2) is 59.7 Å². The van der Waals surface area contributed by atoms with Crippen LogP contribution in [-0.4, -0.2) is 47.7 Å². The van der Waals surface area contributed by atoms with E-state index in [0.717, 1.165) is 17.7 Å². The van der Waals surface area contributed by atoms with Crippen molar-refractivity contribution in [2.24, 2.45) is 0 Å². The van der Waals surface area contributed by atoms with E-state index >= 15 is 0 Å². The van der Waals surface area contributed by atoms with Gasteiger partial charge in [0.05, 0.1) is 25.1 Å². The Labute approximate surface area is 185 Å². The van der Waals surface area contributed by atoms with Crippen molar-refractivity contribution in [1.82, 2.24) is 19.9 Å². The van der Waals surface area contributed by atoms with Gasteiger partial charge in [-0.2, -0.15) is 0 Å². The summed E-state index contributed by atoms with van der Waals surface area (Å²) in [5, 5.41) is 3.64. The molecule has 164 valence electrons. The maximum Gasteiger partial charge on any atom is 0.260 e. The Morgan fingerprint density at radius 1 is 1.03 bits per heavy atom. The van der Waals surface area contributed by atoms with Gasteiger partial charge in [0.15, 0.2) is 11.5 Å². The topological polar surface area (TPSA) is 105 Å². The Kier molecular flexibility index (Phi) is 6.16. The van der Waals surface area contributed by atoms with Gasteiger partial charge in [-0.1, -0.05) is 12.1 Å². The van der Waals surface area contributed by atoms with Gasteiger partial charge in [-0.3, -0.25) is 9.78 Å². The number of aromatic amines is 1. The summed E-state index contributed by atoms with van der Waals surface area (Å²) in [6, 6.07) is 13.2. The predicted octanol–water partition coefficient (Wildman–Crippen LogP) is 3.15. The van der Waals surface area contributed by atoms with E-state index in [1.165, 1.54) is 7.11 Å². The van der Waals surface area contributed by atoms with Crippen molar-refractivity contribution >= 4 is 28.5 Å². The molecule has 0 saturated heterocycles. The van der Waals surface area contributed by atoms with Crippen LogP contribution in [0.3, 0.4) is 0 Å². The number of benzene rings is 2. The van der Waals surface area contributed by atoms with Gasteiger partial charge < -0.3 is 19.7 Å². The molecule has 0 fully saturated rings. The fraction of sp³-hybridized carbons (Fsp3) is 0.217. The number of nitrogens with one attached hydrogen (secondary N) is 2. The standard InChI is InChI=1S/C23H24N6O3/c1-29(11-8-15-6-4-7-16(12-15)26-22-24-9-5-10-25-22)23-27-18-14-20(32-3)19(31-2)13-17(18)21(30)28-23/h4-7,9-10,12-14H,8,11H2,1-3H3,(H,24,25,26)(H,27,28,30). The lowest BCUT2D eigenvalue weighted by Gasteiger charge is -2.18. The Hall–Kier alpha value is -4.14. The van der Waals surface area contributed by atoms with Crippen LogP contribution in [-0.2, 0) is 6.42 Å². The highest BCUT2D eigenvalue weighted by Gasteiger charge is 2.13. The second-order valence-electron chi connectivity index (χ2n) is 7.18. The maximum absolute atomic E-state index is 12.6. The Bertz CT molecular complexity index is 1280. The van der Waals surface area contributed by atoms with Crippen molar-refractivity contribution in [2.45, 2.75) is 6.42 Å². The summed E-state index contributed by atoms with van der Waals surface area (Å²) in [7, 11) is 4.98. The molecular formula is C23H24N6O3. The summed E-state index contributed by atoms with van der Waals surface area (Å²) in [5.74, 6) is 2.05. The van der Waals surface area contributed by atoms with Gasteiger partial charge in [0.1, 0.15) is 0 Å². The molecule has 9 nitrogen and oxygen atoms in total. The van der Waals surface area contributed by atoms with Crippen LogP contribution < -0.4 is 25.2 Å². The molecule has 2 N–H and O–H groups in total. The number of rotatable bonds is 8. The van der Waals surface area contributed by atoms with Crippen molar-refractivity contribution in [3.8, 4) is 11.5 Å². The number of ether oxygens (including phenoxy) is 2. The van der Waals surface area contributed by atoms with Crippen LogP contribution in [0, 0.1) is 0 Å². The molecule has 4 aromatic rings. The normalized spacial score (nSPS) is 10.7. The third-order valence-electron chi connectivity index (χ3n) is 5.04. The first-order valence-electron chi connectivity index (χ1n) is 10.1. The molecule has 0 aliphatic rings. The molecule has 0 aliphatic heterocycles. The van der Waals surface area contributed by atoms with E-state index in [2.05, 4.69) is 37.4 Å². The smallest absolute Gasteiger partial charge is 0.260 e. The summed E-state index contributed by atoms with van der Waals surface area (Å²) in [6.45, 7) is 0.660. The van der Waals surface area contributed by atoms with E-state index in [1.54, 1.807) is 37.7 Å². The molecule has 2 aromatic carbocycles. The molecule has 32 heavy (non-hydrogen) atoms. The lowest BCUT2D eigenvalue weighted by atomic mass is 10.1. The van der Waals surface area contributed by atoms with Crippen molar-refractivity contribution < 1.29 is 9.47 Å². The highest BCUT2D eigenvalue weighted by atomic mass is 16.5. The van der Waals surface area contributed by atoms with Crippen LogP contribution >= 0.6 is 0 Å². The van der Waals surface area contributed by atoms with Crippen molar-refractivity contribution in [2.75, 3.05) is 38.0 Å². The lowest BCUT2D eigenvalue weighted by Crippen LogP contribution is -2.25. The number of hydrogen-bond donors (Lipinski definition) is 2. The largest absolute Gasteiger partial charge is 0.493 e. The van der Waals surface area contributed by atoms with Crippen molar-refractivity contribution in [3.05, 3.63) is 70.8 Å². The summed E-state index contributed by atoms with van der Waals surface area (Å²) >= 11 is 0. The summed E-state index contributed by atoms with van der Waals surface area (Å²) < 4.78 is 10.6. The van der Waals surface area contributed by atoms with Crippen molar-refractivity contribution in [3.63, 3.8) is 0 Å². The van der Waals surface area contributed by atoms with Crippen molar-refractivity contribution in [1.29, 1.82) is 0 Å². The first-order chi connectivity index (χ1) is 15.6. The summed E-state index contributed by atoms with van der Waals surface area (Å²) in [5.41, 5.74) is 2.36. The SMILES string of the molecule is COc1cc2nc(N(C)CCc3cccc(Nc4ncccn4)c3)[nH]c(=O)c2cc1OC. The third kappa shape index (κ3) is 4.61. The maximum atomic E-state index is 12.6. The van der Waals surface area contributed by atoms with Crippen LogP contribution in [0.2, 0.25) is 0 Å². The Morgan fingerprint density at radius 3 is 2.53 bits per heavy atom. The number of fused-ring (bicyclic) bond motifs is 1. The number of H-pyrrole nitrogens is 1. The van der Waals surface area contributed by atoms with Gasteiger partial charge in [-0.05, 0) is 36.2 Å². The van der Waals surface area contributed by atoms with Crippen LogP contribution in [0.5, 0.6) is 11.5 Å². The van der Waals surface area contributed by atoms with Gasteiger partial charge in [0, 0.05) is 37.7 Å². The van der Waals surface area contributed by atoms with Crippen LogP contribution in [0.25, 0.3) is 10.9 Å². The van der Waals surface area contributed by atoms with E-state index in [9.17, 15) is 4.79 Å². The Morgan fingerprint density at radius 2 is 1.78 bits per heavy atom. The number of anilines is 3. The van der Waals surface area contributed by atoms with E-state index in [1.807, 2.05) is 24.1 Å². The fourth-order valence-corrected chi connectivity index (χ4v) is 3.33. The van der Waals surface area contributed by atoms with E-state index in [-0.39, 0.29) is 5.56 Å². The third-order valence-corrected chi connectivity index (χ3v) is 5.04. The average Bonchev–Trinajstić information content (AvgIpc) is 2.82. The number of nitrogens with zero attached hydrogens (tertiary/aromatic N) is 4. The van der Waals surface area contributed by atoms with Gasteiger partial charge in [-0.15, -0.1) is 0 Å². The minimum Gasteiger partial charge on any atom is -0.493 e. The minimum absolute atomic E-state index is 0.230. The molecule has 0 amide bonds. The molecule has 9 heteroatoms. The molecular weight excluding hydrogens is 408 g/mol.